The standard InChI is InChI=1S/C16H18FN3OS.ClH/c1-9-5-6-10-11(3-2-4-12(10)17)15(9)20-16(21)13-8-22-14(7-18)19-13;/h2-4,8-9,15H,5-7,18H2,1H3,(H,20,21);1H. The lowest BCUT2D eigenvalue weighted by atomic mass is 9.80. The van der Waals surface area contributed by atoms with Crippen molar-refractivity contribution in [2.24, 2.45) is 11.7 Å². The number of hydrogen-bond acceptors (Lipinski definition) is 4. The van der Waals surface area contributed by atoms with E-state index in [1.165, 1.54) is 17.4 Å². The minimum atomic E-state index is -0.232. The molecule has 2 unspecified atom stereocenters. The molecule has 2 atom stereocenters. The topological polar surface area (TPSA) is 68.0 Å². The van der Waals surface area contributed by atoms with E-state index in [2.05, 4.69) is 17.2 Å². The van der Waals surface area contributed by atoms with E-state index in [0.29, 0.717) is 24.2 Å². The molecule has 0 saturated carbocycles. The predicted octanol–water partition coefficient (Wildman–Crippen LogP) is 3.22. The van der Waals surface area contributed by atoms with E-state index < -0.39 is 0 Å². The summed E-state index contributed by atoms with van der Waals surface area (Å²) in [5.74, 6) is -0.168. The molecule has 0 spiro atoms. The van der Waals surface area contributed by atoms with Crippen LogP contribution in [0, 0.1) is 11.7 Å². The summed E-state index contributed by atoms with van der Waals surface area (Å²) in [5.41, 5.74) is 7.49. The molecule has 124 valence electrons. The Morgan fingerprint density at radius 2 is 2.30 bits per heavy atom. The van der Waals surface area contributed by atoms with Crippen molar-refractivity contribution in [3.8, 4) is 0 Å². The first kappa shape index (κ1) is 17.8. The summed E-state index contributed by atoms with van der Waals surface area (Å²) in [5, 5.41) is 5.44. The molecule has 1 aromatic carbocycles. The van der Waals surface area contributed by atoms with Gasteiger partial charge < -0.3 is 11.1 Å². The van der Waals surface area contributed by atoms with Crippen LogP contribution in [0.2, 0.25) is 0 Å². The first-order valence-electron chi connectivity index (χ1n) is 7.32. The van der Waals surface area contributed by atoms with Crippen molar-refractivity contribution in [2.75, 3.05) is 0 Å². The maximum Gasteiger partial charge on any atom is 0.271 e. The van der Waals surface area contributed by atoms with Gasteiger partial charge in [-0.2, -0.15) is 0 Å². The number of nitrogens with one attached hydrogen (secondary N) is 1. The average molecular weight is 356 g/mol. The SMILES string of the molecule is CC1CCc2c(F)cccc2C1NC(=O)c1csc(CN)n1.Cl. The van der Waals surface area contributed by atoms with Crippen LogP contribution < -0.4 is 11.1 Å². The highest BCUT2D eigenvalue weighted by atomic mass is 35.5. The molecule has 3 rings (SSSR count). The summed E-state index contributed by atoms with van der Waals surface area (Å²) < 4.78 is 13.9. The van der Waals surface area contributed by atoms with Crippen molar-refractivity contribution in [1.82, 2.24) is 10.3 Å². The third-order valence-electron chi connectivity index (χ3n) is 4.15. The van der Waals surface area contributed by atoms with Crippen molar-refractivity contribution in [2.45, 2.75) is 32.4 Å². The molecule has 1 heterocycles. The molecular weight excluding hydrogens is 337 g/mol. The lowest BCUT2D eigenvalue weighted by Crippen LogP contribution is -2.36. The summed E-state index contributed by atoms with van der Waals surface area (Å²) in [7, 11) is 0. The molecule has 1 aliphatic carbocycles. The van der Waals surface area contributed by atoms with Crippen LogP contribution in [0.4, 0.5) is 4.39 Å². The number of amides is 1. The second-order valence-electron chi connectivity index (χ2n) is 5.61. The van der Waals surface area contributed by atoms with Gasteiger partial charge in [-0.25, -0.2) is 9.37 Å². The van der Waals surface area contributed by atoms with Gasteiger partial charge in [-0.05, 0) is 36.0 Å². The van der Waals surface area contributed by atoms with Gasteiger partial charge in [0.25, 0.3) is 5.91 Å². The zero-order valence-electron chi connectivity index (χ0n) is 12.7. The van der Waals surface area contributed by atoms with Crippen LogP contribution in [0.25, 0.3) is 0 Å². The van der Waals surface area contributed by atoms with E-state index in [9.17, 15) is 9.18 Å². The van der Waals surface area contributed by atoms with Crippen molar-refractivity contribution in [3.63, 3.8) is 0 Å². The highest BCUT2D eigenvalue weighted by molar-refractivity contribution is 7.09. The molecule has 0 aliphatic heterocycles. The smallest absolute Gasteiger partial charge is 0.271 e. The largest absolute Gasteiger partial charge is 0.344 e. The first-order valence-corrected chi connectivity index (χ1v) is 8.20. The number of thiazole rings is 1. The number of nitrogens with two attached hydrogens (primary N) is 1. The van der Waals surface area contributed by atoms with Crippen LogP contribution in [0.15, 0.2) is 23.6 Å². The maximum absolute atomic E-state index is 13.9. The number of benzene rings is 1. The second kappa shape index (κ2) is 7.38. The minimum absolute atomic E-state index is 0. The lowest BCUT2D eigenvalue weighted by molar-refractivity contribution is 0.0914. The molecule has 0 fully saturated rings. The number of halogens is 2. The lowest BCUT2D eigenvalue weighted by Gasteiger charge is -2.32. The zero-order valence-corrected chi connectivity index (χ0v) is 14.3. The van der Waals surface area contributed by atoms with E-state index in [0.717, 1.165) is 17.0 Å². The highest BCUT2D eigenvalue weighted by Crippen LogP contribution is 2.35. The summed E-state index contributed by atoms with van der Waals surface area (Å²) >= 11 is 1.37. The van der Waals surface area contributed by atoms with Crippen LogP contribution in [-0.4, -0.2) is 10.9 Å². The van der Waals surface area contributed by atoms with E-state index in [1.54, 1.807) is 11.4 Å². The number of rotatable bonds is 3. The summed E-state index contributed by atoms with van der Waals surface area (Å²) in [6.07, 6.45) is 1.56. The van der Waals surface area contributed by atoms with Crippen LogP contribution in [0.3, 0.4) is 0 Å². The third kappa shape index (κ3) is 3.54. The molecule has 1 aromatic heterocycles. The Morgan fingerprint density at radius 3 is 3.00 bits per heavy atom. The van der Waals surface area contributed by atoms with Crippen LogP contribution in [-0.2, 0) is 13.0 Å². The number of carbonyl (C=O) groups is 1. The van der Waals surface area contributed by atoms with Crippen molar-refractivity contribution in [3.05, 3.63) is 51.2 Å². The summed E-state index contributed by atoms with van der Waals surface area (Å²) in [6, 6.07) is 4.88. The summed E-state index contributed by atoms with van der Waals surface area (Å²) in [6.45, 7) is 2.40. The van der Waals surface area contributed by atoms with Gasteiger partial charge in [-0.1, -0.05) is 19.1 Å². The van der Waals surface area contributed by atoms with Crippen molar-refractivity contribution < 1.29 is 9.18 Å². The molecule has 3 N–H and O–H groups in total. The average Bonchev–Trinajstić information content (AvgIpc) is 2.99. The van der Waals surface area contributed by atoms with Gasteiger partial charge in [-0.3, -0.25) is 4.79 Å². The number of fused-ring (bicyclic) bond motifs is 1. The van der Waals surface area contributed by atoms with Crippen LogP contribution in [0.5, 0.6) is 0 Å². The van der Waals surface area contributed by atoms with Crippen LogP contribution >= 0.6 is 23.7 Å². The third-order valence-corrected chi connectivity index (χ3v) is 5.03. The Bertz CT molecular complexity index is 706. The Hall–Kier alpha value is -1.50. The monoisotopic (exact) mass is 355 g/mol. The van der Waals surface area contributed by atoms with E-state index in [1.807, 2.05) is 6.07 Å². The van der Waals surface area contributed by atoms with Crippen molar-refractivity contribution >= 4 is 29.7 Å². The molecule has 0 saturated heterocycles. The predicted molar refractivity (Wildman–Crippen MR) is 91.3 cm³/mol. The van der Waals surface area contributed by atoms with Gasteiger partial charge in [0.1, 0.15) is 16.5 Å². The fourth-order valence-corrected chi connectivity index (χ4v) is 3.57. The van der Waals surface area contributed by atoms with E-state index in [-0.39, 0.29) is 36.1 Å². The Labute approximate surface area is 144 Å². The number of carbonyl (C=O) groups excluding carboxylic acids is 1. The highest BCUT2D eigenvalue weighted by Gasteiger charge is 2.30. The van der Waals surface area contributed by atoms with Crippen molar-refractivity contribution in [1.29, 1.82) is 0 Å². The Morgan fingerprint density at radius 1 is 1.52 bits per heavy atom. The minimum Gasteiger partial charge on any atom is -0.344 e. The van der Waals surface area contributed by atoms with Gasteiger partial charge in [0.15, 0.2) is 0 Å². The van der Waals surface area contributed by atoms with Gasteiger partial charge in [-0.15, -0.1) is 23.7 Å². The number of nitrogens with zero attached hydrogens (tertiary/aromatic N) is 1. The first-order chi connectivity index (χ1) is 10.6. The number of aromatic nitrogens is 1. The van der Waals surface area contributed by atoms with Gasteiger partial charge in [0.05, 0.1) is 6.04 Å². The fraction of sp³-hybridized carbons (Fsp3) is 0.375. The second-order valence-corrected chi connectivity index (χ2v) is 6.55. The molecule has 1 amide bonds. The molecule has 4 nitrogen and oxygen atoms in total. The fourth-order valence-electron chi connectivity index (χ4n) is 2.92. The van der Waals surface area contributed by atoms with E-state index in [4.69, 9.17) is 5.73 Å². The molecule has 23 heavy (non-hydrogen) atoms. The zero-order chi connectivity index (χ0) is 15.7. The molecule has 0 radical (unpaired) electrons. The molecule has 1 aliphatic rings. The van der Waals surface area contributed by atoms with E-state index >= 15 is 0 Å². The van der Waals surface area contributed by atoms with Gasteiger partial charge >= 0.3 is 0 Å². The van der Waals surface area contributed by atoms with Gasteiger partial charge in [0.2, 0.25) is 0 Å². The molecule has 0 bridgehead atoms. The Kier molecular flexibility index (Phi) is 5.73. The maximum atomic E-state index is 13.9. The molecular formula is C16H19ClFN3OS. The van der Waals surface area contributed by atoms with Crippen LogP contribution in [0.1, 0.15) is 46.0 Å². The molecule has 2 aromatic rings. The summed E-state index contributed by atoms with van der Waals surface area (Å²) in [4.78, 5) is 16.6. The Balaban J connectivity index is 0.00000192. The molecule has 7 heteroatoms. The normalized spacial score (nSPS) is 19.6. The van der Waals surface area contributed by atoms with Gasteiger partial charge in [0, 0.05) is 11.9 Å². The number of hydrogen-bond donors (Lipinski definition) is 2. The quantitative estimate of drug-likeness (QED) is 0.888.